The van der Waals surface area contributed by atoms with Gasteiger partial charge in [-0.15, -0.1) is 0 Å². The molecule has 1 fully saturated rings. The van der Waals surface area contributed by atoms with Gasteiger partial charge in [-0.3, -0.25) is 9.59 Å². The van der Waals surface area contributed by atoms with Gasteiger partial charge in [-0.25, -0.2) is 0 Å². The summed E-state index contributed by atoms with van der Waals surface area (Å²) in [6.45, 7) is 11.6. The lowest BCUT2D eigenvalue weighted by Gasteiger charge is -2.24. The number of hydrogen-bond acceptors (Lipinski definition) is 5. The molecular formula is C27H39NO4. The highest BCUT2D eigenvalue weighted by Gasteiger charge is 2.39. The Morgan fingerprint density at radius 1 is 1.09 bits per heavy atom. The number of carbonyl (C=O) groups is 2. The van der Waals surface area contributed by atoms with Crippen molar-refractivity contribution in [1.82, 2.24) is 0 Å². The molecule has 2 aliphatic carbocycles. The van der Waals surface area contributed by atoms with Crippen LogP contribution in [0, 0.1) is 43.4 Å². The topological polar surface area (TPSA) is 87.4 Å². The predicted octanol–water partition coefficient (Wildman–Crippen LogP) is 5.71. The predicted molar refractivity (Wildman–Crippen MR) is 129 cm³/mol. The van der Waals surface area contributed by atoms with Crippen molar-refractivity contribution in [2.75, 3.05) is 7.11 Å². The van der Waals surface area contributed by atoms with Gasteiger partial charge >= 0.3 is 5.97 Å². The second kappa shape index (κ2) is 10.6. The van der Waals surface area contributed by atoms with E-state index in [-0.39, 0.29) is 17.7 Å². The van der Waals surface area contributed by atoms with E-state index in [0.29, 0.717) is 23.7 Å². The molecule has 1 unspecified atom stereocenters. The van der Waals surface area contributed by atoms with Crippen LogP contribution < -0.4 is 0 Å². The Balaban J connectivity index is 0.00000176. The molecule has 0 saturated heterocycles. The molecule has 1 aromatic carbocycles. The van der Waals surface area contributed by atoms with Crippen LogP contribution in [0.4, 0.5) is 0 Å². The molecule has 1 aromatic rings. The van der Waals surface area contributed by atoms with E-state index in [1.807, 2.05) is 34.6 Å². The molecule has 0 aromatic heterocycles. The van der Waals surface area contributed by atoms with Crippen molar-refractivity contribution in [2.45, 2.75) is 80.1 Å². The number of ketones is 1. The first-order chi connectivity index (χ1) is 15.0. The zero-order valence-electron chi connectivity index (χ0n) is 20.7. The van der Waals surface area contributed by atoms with Crippen LogP contribution >= 0.6 is 0 Å². The van der Waals surface area contributed by atoms with Gasteiger partial charge < -0.3 is 15.3 Å². The van der Waals surface area contributed by atoms with Crippen molar-refractivity contribution < 1.29 is 19.4 Å². The number of allylic oxidation sites excluding steroid dienone is 2. The highest BCUT2D eigenvalue weighted by Crippen LogP contribution is 2.43. The molecule has 0 heterocycles. The van der Waals surface area contributed by atoms with Gasteiger partial charge in [0.2, 0.25) is 0 Å². The number of nitrogens with one attached hydrogen (secondary N) is 1. The Labute approximate surface area is 192 Å². The average Bonchev–Trinajstić information content (AvgIpc) is 2.99. The number of hydrogen-bond donors (Lipinski definition) is 2. The minimum atomic E-state index is -0.625. The van der Waals surface area contributed by atoms with Crippen molar-refractivity contribution >= 4 is 23.0 Å². The molecule has 5 heteroatoms. The van der Waals surface area contributed by atoms with Crippen LogP contribution in [0.3, 0.4) is 0 Å². The highest BCUT2D eigenvalue weighted by molar-refractivity contribution is 6.25. The number of carbonyl (C=O) groups excluding carboxylic acids is 2. The third kappa shape index (κ3) is 5.94. The lowest BCUT2D eigenvalue weighted by Crippen LogP contribution is -2.23. The fourth-order valence-corrected chi connectivity index (χ4v) is 4.81. The zero-order chi connectivity index (χ0) is 24.2. The minimum absolute atomic E-state index is 0.113. The largest absolute Gasteiger partial charge is 0.430 e. The SMILES string of the molecule is CO.Cc1cc(C)c(C2=C(OC(=O)C(C)(C)C)CC(CC3CCC(=N)CC3)C2=O)c(C)c1. The maximum Gasteiger partial charge on any atom is 0.316 e. The normalized spacial score (nSPS) is 21.4. The minimum Gasteiger partial charge on any atom is -0.430 e. The van der Waals surface area contributed by atoms with Crippen molar-refractivity contribution in [1.29, 1.82) is 5.41 Å². The number of benzene rings is 1. The summed E-state index contributed by atoms with van der Waals surface area (Å²) in [5.41, 5.74) is 4.99. The van der Waals surface area contributed by atoms with Gasteiger partial charge in [0.25, 0.3) is 0 Å². The quantitative estimate of drug-likeness (QED) is 0.586. The van der Waals surface area contributed by atoms with Gasteiger partial charge in [0.05, 0.1) is 11.0 Å². The molecule has 0 spiro atoms. The Morgan fingerprint density at radius 2 is 1.62 bits per heavy atom. The fourth-order valence-electron chi connectivity index (χ4n) is 4.81. The van der Waals surface area contributed by atoms with Gasteiger partial charge in [-0.05, 0) is 96.3 Å². The van der Waals surface area contributed by atoms with Gasteiger partial charge in [0.1, 0.15) is 5.76 Å². The molecule has 0 bridgehead atoms. The van der Waals surface area contributed by atoms with Crippen LogP contribution in [0.2, 0.25) is 0 Å². The number of esters is 1. The highest BCUT2D eigenvalue weighted by atomic mass is 16.5. The molecule has 176 valence electrons. The summed E-state index contributed by atoms with van der Waals surface area (Å²) in [5.74, 6) is 0.690. The number of ether oxygens (including phenoxy) is 1. The van der Waals surface area contributed by atoms with Crippen molar-refractivity contribution in [2.24, 2.45) is 17.3 Å². The van der Waals surface area contributed by atoms with E-state index in [2.05, 4.69) is 19.1 Å². The fraction of sp³-hybridized carbons (Fsp3) is 0.593. The molecule has 3 rings (SSSR count). The molecule has 5 nitrogen and oxygen atoms in total. The van der Waals surface area contributed by atoms with Crippen molar-refractivity contribution in [3.63, 3.8) is 0 Å². The standard InChI is InChI=1S/C26H35NO3.CH4O/c1-15-11-16(2)22(17(3)12-15)23-21(30-25(29)26(4,5)6)14-19(24(23)28)13-18-7-9-20(27)10-8-18;1-2/h11-12,18-19,27H,7-10,13-14H2,1-6H3;2H,1H3. The van der Waals surface area contributed by atoms with E-state index < -0.39 is 5.41 Å². The Hall–Kier alpha value is -2.27. The molecular weight excluding hydrogens is 402 g/mol. The van der Waals surface area contributed by atoms with Gasteiger partial charge in [0, 0.05) is 25.2 Å². The van der Waals surface area contributed by atoms with Crippen LogP contribution in [0.15, 0.2) is 17.9 Å². The zero-order valence-corrected chi connectivity index (χ0v) is 20.7. The molecule has 0 amide bonds. The van der Waals surface area contributed by atoms with Crippen LogP contribution in [-0.4, -0.2) is 29.7 Å². The maximum atomic E-state index is 13.6. The number of Topliss-reactive ketones (excluding diaryl/α,β-unsaturated/α-hetero) is 1. The summed E-state index contributed by atoms with van der Waals surface area (Å²) in [6.07, 6.45) is 4.96. The molecule has 0 aliphatic heterocycles. The van der Waals surface area contributed by atoms with E-state index in [4.69, 9.17) is 15.3 Å². The monoisotopic (exact) mass is 441 g/mol. The first-order valence-electron chi connectivity index (χ1n) is 11.6. The van der Waals surface area contributed by atoms with Crippen LogP contribution in [0.5, 0.6) is 0 Å². The molecule has 1 saturated carbocycles. The maximum absolute atomic E-state index is 13.6. The van der Waals surface area contributed by atoms with Crippen LogP contribution in [0.1, 0.15) is 81.5 Å². The summed E-state index contributed by atoms with van der Waals surface area (Å²) in [4.78, 5) is 26.3. The molecule has 0 radical (unpaired) electrons. The lowest BCUT2D eigenvalue weighted by molar-refractivity contribution is -0.148. The molecule has 32 heavy (non-hydrogen) atoms. The van der Waals surface area contributed by atoms with Crippen LogP contribution in [0.25, 0.3) is 5.57 Å². The first-order valence-corrected chi connectivity index (χ1v) is 11.6. The Bertz CT molecular complexity index is 887. The van der Waals surface area contributed by atoms with Gasteiger partial charge in [-0.1, -0.05) is 17.7 Å². The average molecular weight is 442 g/mol. The smallest absolute Gasteiger partial charge is 0.316 e. The second-order valence-electron chi connectivity index (χ2n) is 10.3. The Kier molecular flexibility index (Phi) is 8.58. The third-order valence-electron chi connectivity index (χ3n) is 6.41. The van der Waals surface area contributed by atoms with E-state index in [0.717, 1.165) is 67.2 Å². The van der Waals surface area contributed by atoms with E-state index in [1.54, 1.807) is 0 Å². The van der Waals surface area contributed by atoms with Gasteiger partial charge in [0.15, 0.2) is 5.78 Å². The third-order valence-corrected chi connectivity index (χ3v) is 6.41. The van der Waals surface area contributed by atoms with E-state index in [9.17, 15) is 9.59 Å². The first kappa shape index (κ1) is 26.0. The summed E-state index contributed by atoms with van der Waals surface area (Å²) in [6, 6.07) is 4.18. The lowest BCUT2D eigenvalue weighted by atomic mass is 9.80. The van der Waals surface area contributed by atoms with Gasteiger partial charge in [-0.2, -0.15) is 0 Å². The number of aliphatic hydroxyl groups excluding tert-OH is 1. The second-order valence-corrected chi connectivity index (χ2v) is 10.3. The van der Waals surface area contributed by atoms with Crippen LogP contribution in [-0.2, 0) is 14.3 Å². The summed E-state index contributed by atoms with van der Waals surface area (Å²) in [7, 11) is 1.00. The summed E-state index contributed by atoms with van der Waals surface area (Å²) < 4.78 is 5.88. The van der Waals surface area contributed by atoms with E-state index >= 15 is 0 Å². The Morgan fingerprint density at radius 3 is 2.12 bits per heavy atom. The molecule has 2 N–H and O–H groups in total. The number of aryl methyl sites for hydroxylation is 3. The van der Waals surface area contributed by atoms with Crippen molar-refractivity contribution in [3.8, 4) is 0 Å². The van der Waals surface area contributed by atoms with Crippen molar-refractivity contribution in [3.05, 3.63) is 40.1 Å². The molecule has 2 aliphatic rings. The van der Waals surface area contributed by atoms with E-state index in [1.165, 1.54) is 0 Å². The summed E-state index contributed by atoms with van der Waals surface area (Å²) in [5, 5.41) is 14.8. The molecule has 1 atom stereocenters. The number of aliphatic hydroxyl groups is 1. The summed E-state index contributed by atoms with van der Waals surface area (Å²) >= 11 is 0. The number of rotatable bonds is 4.